The fraction of sp³-hybridized carbons (Fsp3) is 0.385. The highest BCUT2D eigenvalue weighted by Gasteiger charge is 2.08. The van der Waals surface area contributed by atoms with Gasteiger partial charge in [-0.1, -0.05) is 17.3 Å². The Morgan fingerprint density at radius 2 is 2.25 bits per heavy atom. The number of hydrogen-bond donors (Lipinski definition) is 2. The Balaban J connectivity index is 1.68. The van der Waals surface area contributed by atoms with E-state index in [-0.39, 0.29) is 18.9 Å². The van der Waals surface area contributed by atoms with Crippen LogP contribution in [0.1, 0.15) is 11.7 Å². The second-order valence-electron chi connectivity index (χ2n) is 4.26. The highest BCUT2D eigenvalue weighted by molar-refractivity contribution is 5.23. The summed E-state index contributed by atoms with van der Waals surface area (Å²) in [6, 6.07) is 6.06. The van der Waals surface area contributed by atoms with Crippen molar-refractivity contribution in [1.82, 2.24) is 15.5 Å². The molecule has 0 saturated heterocycles. The summed E-state index contributed by atoms with van der Waals surface area (Å²) in [5.74, 6) is 0.683. The number of aromatic nitrogens is 2. The summed E-state index contributed by atoms with van der Waals surface area (Å²) in [5.41, 5.74) is 0. The van der Waals surface area contributed by atoms with E-state index in [0.29, 0.717) is 18.3 Å². The number of halogens is 1. The van der Waals surface area contributed by atoms with Crippen molar-refractivity contribution in [2.45, 2.75) is 19.6 Å². The van der Waals surface area contributed by atoms with Crippen LogP contribution in [0, 0.1) is 12.7 Å². The van der Waals surface area contributed by atoms with Crippen molar-refractivity contribution in [2.24, 2.45) is 0 Å². The molecule has 0 bridgehead atoms. The maximum absolute atomic E-state index is 13.3. The number of aryl methyl sites for hydroxylation is 1. The Kier molecular flexibility index (Phi) is 5.03. The van der Waals surface area contributed by atoms with Gasteiger partial charge in [-0.05, 0) is 19.1 Å². The number of hydrogen-bond acceptors (Lipinski definition) is 6. The molecule has 2 aromatic rings. The van der Waals surface area contributed by atoms with Crippen LogP contribution in [0.4, 0.5) is 4.39 Å². The molecule has 1 atom stereocenters. The lowest BCUT2D eigenvalue weighted by atomic mass is 10.3. The molecule has 2 N–H and O–H groups in total. The van der Waals surface area contributed by atoms with Gasteiger partial charge in [-0.2, -0.15) is 4.98 Å². The van der Waals surface area contributed by atoms with Crippen LogP contribution < -0.4 is 10.1 Å². The number of para-hydroxylation sites is 1. The standard InChI is InChI=1S/C13H16FN3O3/c1-9-16-13(20-17-9)7-15-6-10(18)8-19-12-5-3-2-4-11(12)14/h2-5,10,15,18H,6-8H2,1H3. The van der Waals surface area contributed by atoms with Gasteiger partial charge in [0.15, 0.2) is 17.4 Å². The molecule has 0 aliphatic rings. The number of rotatable bonds is 7. The normalized spacial score (nSPS) is 12.3. The Hall–Kier alpha value is -1.99. The third-order valence-corrected chi connectivity index (χ3v) is 2.49. The highest BCUT2D eigenvalue weighted by atomic mass is 19.1. The van der Waals surface area contributed by atoms with Gasteiger partial charge in [-0.25, -0.2) is 4.39 Å². The van der Waals surface area contributed by atoms with Crippen LogP contribution in [0.5, 0.6) is 5.75 Å². The monoisotopic (exact) mass is 281 g/mol. The first-order valence-electron chi connectivity index (χ1n) is 6.20. The molecular formula is C13H16FN3O3. The number of nitrogens with zero attached hydrogens (tertiary/aromatic N) is 2. The largest absolute Gasteiger partial charge is 0.488 e. The first-order valence-corrected chi connectivity index (χ1v) is 6.20. The smallest absolute Gasteiger partial charge is 0.240 e. The van der Waals surface area contributed by atoms with Crippen LogP contribution in [-0.4, -0.2) is 34.5 Å². The molecule has 0 fully saturated rings. The maximum Gasteiger partial charge on any atom is 0.240 e. The zero-order chi connectivity index (χ0) is 14.4. The average molecular weight is 281 g/mol. The van der Waals surface area contributed by atoms with Crippen LogP contribution in [0.25, 0.3) is 0 Å². The van der Waals surface area contributed by atoms with E-state index in [1.807, 2.05) is 0 Å². The topological polar surface area (TPSA) is 80.4 Å². The zero-order valence-electron chi connectivity index (χ0n) is 11.0. The molecule has 0 amide bonds. The van der Waals surface area contributed by atoms with Crippen molar-refractivity contribution < 1.29 is 18.8 Å². The Bertz CT molecular complexity index is 547. The van der Waals surface area contributed by atoms with Crippen LogP contribution >= 0.6 is 0 Å². The molecule has 7 heteroatoms. The van der Waals surface area contributed by atoms with Gasteiger partial charge in [0.2, 0.25) is 5.89 Å². The van der Waals surface area contributed by atoms with Gasteiger partial charge in [0.1, 0.15) is 12.7 Å². The van der Waals surface area contributed by atoms with Crippen LogP contribution in [-0.2, 0) is 6.54 Å². The minimum absolute atomic E-state index is 0.00318. The van der Waals surface area contributed by atoms with Gasteiger partial charge < -0.3 is 19.7 Å². The number of nitrogens with one attached hydrogen (secondary N) is 1. The van der Waals surface area contributed by atoms with E-state index in [4.69, 9.17) is 9.26 Å². The predicted octanol–water partition coefficient (Wildman–Crippen LogP) is 1.05. The van der Waals surface area contributed by atoms with Gasteiger partial charge >= 0.3 is 0 Å². The molecule has 0 aliphatic heterocycles. The van der Waals surface area contributed by atoms with Gasteiger partial charge in [0.05, 0.1) is 6.54 Å². The molecule has 1 aromatic carbocycles. The van der Waals surface area contributed by atoms with E-state index >= 15 is 0 Å². The first-order chi connectivity index (χ1) is 9.65. The first kappa shape index (κ1) is 14.4. The van der Waals surface area contributed by atoms with Crippen molar-refractivity contribution >= 4 is 0 Å². The number of aliphatic hydroxyl groups excluding tert-OH is 1. The van der Waals surface area contributed by atoms with Gasteiger partial charge in [0, 0.05) is 6.54 Å². The van der Waals surface area contributed by atoms with Crippen molar-refractivity contribution in [3.63, 3.8) is 0 Å². The Morgan fingerprint density at radius 3 is 2.95 bits per heavy atom. The Labute approximate surface area is 115 Å². The average Bonchev–Trinajstić information content (AvgIpc) is 2.83. The lowest BCUT2D eigenvalue weighted by Crippen LogP contribution is -2.31. The van der Waals surface area contributed by atoms with Crippen molar-refractivity contribution in [3.05, 3.63) is 41.8 Å². The summed E-state index contributed by atoms with van der Waals surface area (Å²) >= 11 is 0. The van der Waals surface area contributed by atoms with Crippen molar-refractivity contribution in [3.8, 4) is 5.75 Å². The molecule has 6 nitrogen and oxygen atoms in total. The minimum Gasteiger partial charge on any atom is -0.488 e. The number of ether oxygens (including phenoxy) is 1. The third-order valence-electron chi connectivity index (χ3n) is 2.49. The molecular weight excluding hydrogens is 265 g/mol. The maximum atomic E-state index is 13.3. The molecule has 0 aliphatic carbocycles. The van der Waals surface area contributed by atoms with Crippen molar-refractivity contribution in [1.29, 1.82) is 0 Å². The van der Waals surface area contributed by atoms with Crippen molar-refractivity contribution in [2.75, 3.05) is 13.2 Å². The second-order valence-corrected chi connectivity index (χ2v) is 4.26. The SMILES string of the molecule is Cc1noc(CNCC(O)COc2ccccc2F)n1. The summed E-state index contributed by atoms with van der Waals surface area (Å²) in [7, 11) is 0. The van der Waals surface area contributed by atoms with Gasteiger partial charge in [-0.15, -0.1) is 0 Å². The van der Waals surface area contributed by atoms with Gasteiger partial charge in [0.25, 0.3) is 0 Å². The van der Waals surface area contributed by atoms with E-state index in [0.717, 1.165) is 0 Å². The van der Waals surface area contributed by atoms with Crippen LogP contribution in [0.15, 0.2) is 28.8 Å². The third kappa shape index (κ3) is 4.29. The summed E-state index contributed by atoms with van der Waals surface area (Å²) in [5, 5.41) is 16.3. The zero-order valence-corrected chi connectivity index (χ0v) is 11.0. The molecule has 1 heterocycles. The molecule has 0 radical (unpaired) electrons. The number of aliphatic hydroxyl groups is 1. The molecule has 2 rings (SSSR count). The van der Waals surface area contributed by atoms with Crippen LogP contribution in [0.2, 0.25) is 0 Å². The molecule has 0 spiro atoms. The van der Waals surface area contributed by atoms with Gasteiger partial charge in [-0.3, -0.25) is 0 Å². The summed E-state index contributed by atoms with van der Waals surface area (Å²) < 4.78 is 23.4. The lowest BCUT2D eigenvalue weighted by Gasteiger charge is -2.12. The molecule has 1 aromatic heterocycles. The highest BCUT2D eigenvalue weighted by Crippen LogP contribution is 2.15. The van der Waals surface area contributed by atoms with Crippen LogP contribution in [0.3, 0.4) is 0 Å². The van der Waals surface area contributed by atoms with E-state index in [2.05, 4.69) is 15.5 Å². The van der Waals surface area contributed by atoms with E-state index in [9.17, 15) is 9.50 Å². The minimum atomic E-state index is -0.765. The van der Waals surface area contributed by atoms with E-state index < -0.39 is 11.9 Å². The molecule has 108 valence electrons. The quantitative estimate of drug-likeness (QED) is 0.789. The predicted molar refractivity (Wildman–Crippen MR) is 68.6 cm³/mol. The van der Waals surface area contributed by atoms with E-state index in [1.165, 1.54) is 12.1 Å². The molecule has 20 heavy (non-hydrogen) atoms. The Morgan fingerprint density at radius 1 is 1.45 bits per heavy atom. The number of benzene rings is 1. The second kappa shape index (κ2) is 6.97. The van der Waals surface area contributed by atoms with E-state index in [1.54, 1.807) is 19.1 Å². The fourth-order valence-corrected chi connectivity index (χ4v) is 1.56. The molecule has 1 unspecified atom stereocenters. The summed E-state index contributed by atoms with van der Waals surface area (Å²) in [4.78, 5) is 4.01. The summed E-state index contributed by atoms with van der Waals surface area (Å²) in [6.07, 6.45) is -0.765. The lowest BCUT2D eigenvalue weighted by molar-refractivity contribution is 0.103. The summed E-state index contributed by atoms with van der Waals surface area (Å²) in [6.45, 7) is 2.36. The fourth-order valence-electron chi connectivity index (χ4n) is 1.56. The molecule has 0 saturated carbocycles.